The van der Waals surface area contributed by atoms with E-state index in [1.807, 2.05) is 6.92 Å². The first-order valence-electron chi connectivity index (χ1n) is 7.31. The Hall–Kier alpha value is -1.86. The van der Waals surface area contributed by atoms with Crippen molar-refractivity contribution < 1.29 is 18.3 Å². The molecule has 3 rings (SSSR count). The van der Waals surface area contributed by atoms with E-state index in [1.165, 1.54) is 23.9 Å². The third-order valence-electron chi connectivity index (χ3n) is 3.58. The van der Waals surface area contributed by atoms with Crippen LogP contribution in [0.1, 0.15) is 17.4 Å². The fourth-order valence-corrected chi connectivity index (χ4v) is 3.12. The Morgan fingerprint density at radius 2 is 2.22 bits per heavy atom. The molecule has 2 heterocycles. The number of hydrogen-bond donors (Lipinski definition) is 0. The summed E-state index contributed by atoms with van der Waals surface area (Å²) in [5, 5.41) is 0.499. The van der Waals surface area contributed by atoms with Crippen LogP contribution in [0.4, 0.5) is 4.39 Å². The van der Waals surface area contributed by atoms with Crippen molar-refractivity contribution in [2.45, 2.75) is 18.3 Å². The molecule has 0 aliphatic carbocycles. The van der Waals surface area contributed by atoms with Crippen LogP contribution in [-0.4, -0.2) is 41.2 Å². The van der Waals surface area contributed by atoms with Crippen molar-refractivity contribution in [3.8, 4) is 0 Å². The lowest BCUT2D eigenvalue weighted by Crippen LogP contribution is -2.43. The maximum Gasteiger partial charge on any atom is 0.256 e. The van der Waals surface area contributed by atoms with Gasteiger partial charge in [-0.3, -0.25) is 4.79 Å². The Morgan fingerprint density at radius 3 is 2.91 bits per heavy atom. The Morgan fingerprint density at radius 1 is 1.43 bits per heavy atom. The summed E-state index contributed by atoms with van der Waals surface area (Å²) >= 11 is 1.28. The molecule has 0 saturated carbocycles. The number of amides is 1. The van der Waals surface area contributed by atoms with Crippen LogP contribution in [0.2, 0.25) is 0 Å². The lowest BCUT2D eigenvalue weighted by atomic mass is 10.1. The van der Waals surface area contributed by atoms with Gasteiger partial charge in [-0.25, -0.2) is 9.37 Å². The molecule has 5 nitrogen and oxygen atoms in total. The molecule has 0 spiro atoms. The number of aromatic nitrogens is 1. The van der Waals surface area contributed by atoms with Crippen LogP contribution in [0.5, 0.6) is 0 Å². The molecule has 1 amide bonds. The Kier molecular flexibility index (Phi) is 4.97. The Labute approximate surface area is 137 Å². The molecule has 0 radical (unpaired) electrons. The SMILES string of the molecule is Cc1coc(SCC(=O)N2CCO[C@@H](c3ccc(F)cc3)C2)n1. The molecular weight excluding hydrogens is 319 g/mol. The third-order valence-corrected chi connectivity index (χ3v) is 4.40. The van der Waals surface area contributed by atoms with Gasteiger partial charge in [0.05, 0.1) is 24.6 Å². The molecule has 1 atom stereocenters. The van der Waals surface area contributed by atoms with Gasteiger partial charge in [0, 0.05) is 6.54 Å². The number of benzene rings is 1. The van der Waals surface area contributed by atoms with Crippen molar-refractivity contribution >= 4 is 17.7 Å². The summed E-state index contributed by atoms with van der Waals surface area (Å²) in [7, 11) is 0. The number of aryl methyl sites for hydroxylation is 1. The summed E-state index contributed by atoms with van der Waals surface area (Å²) in [6.45, 7) is 3.33. The predicted molar refractivity (Wildman–Crippen MR) is 83.6 cm³/mol. The number of morpholine rings is 1. The predicted octanol–water partition coefficient (Wildman–Crippen LogP) is 2.81. The molecule has 1 aliphatic heterocycles. The molecule has 1 saturated heterocycles. The van der Waals surface area contributed by atoms with Crippen LogP contribution >= 0.6 is 11.8 Å². The first-order chi connectivity index (χ1) is 11.1. The summed E-state index contributed by atoms with van der Waals surface area (Å²) in [4.78, 5) is 18.3. The number of nitrogens with zero attached hydrogens (tertiary/aromatic N) is 2. The molecule has 2 aromatic rings. The summed E-state index contributed by atoms with van der Waals surface area (Å²) < 4.78 is 23.9. The zero-order valence-corrected chi connectivity index (χ0v) is 13.5. The monoisotopic (exact) mass is 336 g/mol. The minimum Gasteiger partial charge on any atom is -0.440 e. The van der Waals surface area contributed by atoms with Crippen LogP contribution in [0.25, 0.3) is 0 Å². The van der Waals surface area contributed by atoms with Gasteiger partial charge in [-0.1, -0.05) is 23.9 Å². The van der Waals surface area contributed by atoms with Gasteiger partial charge in [-0.05, 0) is 24.6 Å². The quantitative estimate of drug-likeness (QED) is 0.804. The Bertz CT molecular complexity index is 674. The van der Waals surface area contributed by atoms with Crippen LogP contribution in [0.15, 0.2) is 40.2 Å². The summed E-state index contributed by atoms with van der Waals surface area (Å²) in [6, 6.07) is 6.19. The lowest BCUT2D eigenvalue weighted by Gasteiger charge is -2.33. The van der Waals surface area contributed by atoms with Crippen LogP contribution in [0.3, 0.4) is 0 Å². The summed E-state index contributed by atoms with van der Waals surface area (Å²) in [6.07, 6.45) is 1.34. The molecule has 23 heavy (non-hydrogen) atoms. The minimum atomic E-state index is -0.282. The Balaban J connectivity index is 1.57. The minimum absolute atomic E-state index is 0.0151. The van der Waals surface area contributed by atoms with Gasteiger partial charge < -0.3 is 14.1 Å². The van der Waals surface area contributed by atoms with E-state index in [2.05, 4.69) is 4.98 Å². The van der Waals surface area contributed by atoms with E-state index >= 15 is 0 Å². The van der Waals surface area contributed by atoms with Gasteiger partial charge >= 0.3 is 0 Å². The number of halogens is 1. The number of ether oxygens (including phenoxy) is 1. The van der Waals surface area contributed by atoms with Crippen molar-refractivity contribution in [3.05, 3.63) is 47.6 Å². The number of oxazole rings is 1. The molecule has 0 unspecified atom stereocenters. The fourth-order valence-electron chi connectivity index (χ4n) is 2.37. The molecule has 1 aromatic heterocycles. The second kappa shape index (κ2) is 7.14. The highest BCUT2D eigenvalue weighted by Crippen LogP contribution is 2.24. The highest BCUT2D eigenvalue weighted by Gasteiger charge is 2.25. The molecule has 1 aromatic carbocycles. The molecule has 1 fully saturated rings. The maximum atomic E-state index is 13.0. The van der Waals surface area contributed by atoms with Gasteiger partial charge in [-0.15, -0.1) is 0 Å². The average molecular weight is 336 g/mol. The largest absolute Gasteiger partial charge is 0.440 e. The second-order valence-corrected chi connectivity index (χ2v) is 6.22. The average Bonchev–Trinajstić information content (AvgIpc) is 2.99. The van der Waals surface area contributed by atoms with Gasteiger partial charge in [0.25, 0.3) is 5.22 Å². The number of hydrogen-bond acceptors (Lipinski definition) is 5. The van der Waals surface area contributed by atoms with Gasteiger partial charge in [0.1, 0.15) is 18.2 Å². The van der Waals surface area contributed by atoms with E-state index in [9.17, 15) is 9.18 Å². The van der Waals surface area contributed by atoms with Crippen molar-refractivity contribution in [2.75, 3.05) is 25.4 Å². The van der Waals surface area contributed by atoms with E-state index in [0.717, 1.165) is 11.3 Å². The topological polar surface area (TPSA) is 55.6 Å². The standard InChI is InChI=1S/C16H17FN2O3S/c1-11-9-22-16(18-11)23-10-15(20)19-6-7-21-14(8-19)12-2-4-13(17)5-3-12/h2-5,9,14H,6-8,10H2,1H3/t14-/m1/s1. The number of thioether (sulfide) groups is 1. The first kappa shape index (κ1) is 16.0. The second-order valence-electron chi connectivity index (χ2n) is 5.29. The number of carbonyl (C=O) groups excluding carboxylic acids is 1. The molecular formula is C16H17FN2O3S. The summed E-state index contributed by atoms with van der Waals surface area (Å²) in [5.41, 5.74) is 1.67. The highest BCUT2D eigenvalue weighted by atomic mass is 32.2. The number of rotatable bonds is 4. The van der Waals surface area contributed by atoms with E-state index in [0.29, 0.717) is 24.9 Å². The van der Waals surface area contributed by atoms with E-state index in [-0.39, 0.29) is 23.6 Å². The smallest absolute Gasteiger partial charge is 0.256 e. The lowest BCUT2D eigenvalue weighted by molar-refractivity contribution is -0.136. The zero-order chi connectivity index (χ0) is 16.2. The zero-order valence-electron chi connectivity index (χ0n) is 12.7. The van der Waals surface area contributed by atoms with E-state index < -0.39 is 0 Å². The third kappa shape index (κ3) is 4.11. The van der Waals surface area contributed by atoms with Crippen LogP contribution in [0, 0.1) is 12.7 Å². The van der Waals surface area contributed by atoms with Crippen LogP contribution < -0.4 is 0 Å². The van der Waals surface area contributed by atoms with Crippen molar-refractivity contribution in [3.63, 3.8) is 0 Å². The van der Waals surface area contributed by atoms with Crippen molar-refractivity contribution in [1.82, 2.24) is 9.88 Å². The van der Waals surface area contributed by atoms with Gasteiger partial charge in [-0.2, -0.15) is 0 Å². The molecule has 1 aliphatic rings. The van der Waals surface area contributed by atoms with E-state index in [4.69, 9.17) is 9.15 Å². The normalized spacial score (nSPS) is 18.2. The number of carbonyl (C=O) groups is 1. The van der Waals surface area contributed by atoms with Crippen molar-refractivity contribution in [1.29, 1.82) is 0 Å². The molecule has 7 heteroatoms. The van der Waals surface area contributed by atoms with Gasteiger partial charge in [0.2, 0.25) is 5.91 Å². The maximum absolute atomic E-state index is 13.0. The van der Waals surface area contributed by atoms with Crippen molar-refractivity contribution in [2.24, 2.45) is 0 Å². The molecule has 122 valence electrons. The van der Waals surface area contributed by atoms with Crippen LogP contribution in [-0.2, 0) is 9.53 Å². The fraction of sp³-hybridized carbons (Fsp3) is 0.375. The molecule has 0 bridgehead atoms. The van der Waals surface area contributed by atoms with E-state index in [1.54, 1.807) is 23.3 Å². The highest BCUT2D eigenvalue weighted by molar-refractivity contribution is 7.99. The van der Waals surface area contributed by atoms with Gasteiger partial charge in [0.15, 0.2) is 0 Å². The molecule has 0 N–H and O–H groups in total. The first-order valence-corrected chi connectivity index (χ1v) is 8.30. The summed E-state index contributed by atoms with van der Waals surface area (Å²) in [5.74, 6) is 0.00668.